The fourth-order valence-electron chi connectivity index (χ4n) is 2.52. The first kappa shape index (κ1) is 18.1. The summed E-state index contributed by atoms with van der Waals surface area (Å²) in [7, 11) is -3.60. The lowest BCUT2D eigenvalue weighted by Gasteiger charge is -2.14. The SMILES string of the molecule is CCOc1cc2ncc(-c3cnc(N)c(F)c3)n2cc1S(=O)(=O)C(C)C. The molecule has 3 aromatic rings. The number of pyridine rings is 2. The van der Waals surface area contributed by atoms with Crippen LogP contribution < -0.4 is 10.5 Å². The molecule has 9 heteroatoms. The molecule has 0 aliphatic carbocycles. The van der Waals surface area contributed by atoms with Crippen molar-refractivity contribution in [3.05, 3.63) is 36.5 Å². The van der Waals surface area contributed by atoms with Crippen molar-refractivity contribution >= 4 is 21.3 Å². The maximum Gasteiger partial charge on any atom is 0.185 e. The zero-order valence-electron chi connectivity index (χ0n) is 14.6. The zero-order chi connectivity index (χ0) is 19.1. The molecule has 0 saturated heterocycles. The standard InChI is InChI=1S/C17H19FN4O3S/c1-4-25-14-6-16-20-8-13(11-5-12(18)17(19)21-7-11)22(16)9-15(14)26(23,24)10(2)3/h5-10H,4H2,1-3H3,(H2,19,21). The Hall–Kier alpha value is -2.68. The highest BCUT2D eigenvalue weighted by atomic mass is 32.2. The Morgan fingerprint density at radius 2 is 2.00 bits per heavy atom. The maximum atomic E-state index is 13.8. The van der Waals surface area contributed by atoms with Crippen LogP contribution in [0.25, 0.3) is 16.9 Å². The zero-order valence-corrected chi connectivity index (χ0v) is 15.4. The molecule has 0 aliphatic rings. The van der Waals surface area contributed by atoms with E-state index in [1.807, 2.05) is 0 Å². The molecule has 3 heterocycles. The first-order valence-corrected chi connectivity index (χ1v) is 9.59. The molecule has 0 unspecified atom stereocenters. The van der Waals surface area contributed by atoms with Crippen molar-refractivity contribution < 1.29 is 17.5 Å². The van der Waals surface area contributed by atoms with Gasteiger partial charge in [0.05, 0.1) is 23.7 Å². The van der Waals surface area contributed by atoms with Gasteiger partial charge in [0.1, 0.15) is 16.3 Å². The summed E-state index contributed by atoms with van der Waals surface area (Å²) in [5, 5.41) is -0.623. The van der Waals surface area contributed by atoms with Gasteiger partial charge in [0.2, 0.25) is 0 Å². The Balaban J connectivity index is 2.27. The summed E-state index contributed by atoms with van der Waals surface area (Å²) in [6.45, 7) is 5.29. The molecule has 3 rings (SSSR count). The van der Waals surface area contributed by atoms with Gasteiger partial charge in [-0.25, -0.2) is 22.8 Å². The molecule has 3 aromatic heterocycles. The molecule has 0 radical (unpaired) electrons. The van der Waals surface area contributed by atoms with Crippen molar-refractivity contribution in [2.75, 3.05) is 12.3 Å². The fraction of sp³-hybridized carbons (Fsp3) is 0.294. The second-order valence-electron chi connectivity index (χ2n) is 5.99. The molecule has 0 bridgehead atoms. The molecule has 7 nitrogen and oxygen atoms in total. The van der Waals surface area contributed by atoms with E-state index in [1.165, 1.54) is 24.7 Å². The molecule has 0 aromatic carbocycles. The van der Waals surface area contributed by atoms with E-state index < -0.39 is 20.9 Å². The largest absolute Gasteiger partial charge is 0.492 e. The van der Waals surface area contributed by atoms with Crippen LogP contribution in [-0.4, -0.2) is 34.6 Å². The van der Waals surface area contributed by atoms with Gasteiger partial charge in [-0.1, -0.05) is 0 Å². The lowest BCUT2D eigenvalue weighted by Crippen LogP contribution is -2.16. The number of imidazole rings is 1. The third kappa shape index (κ3) is 2.98. The van der Waals surface area contributed by atoms with E-state index in [0.717, 1.165) is 0 Å². The van der Waals surface area contributed by atoms with E-state index in [1.54, 1.807) is 31.2 Å². The van der Waals surface area contributed by atoms with Crippen molar-refractivity contribution in [3.63, 3.8) is 0 Å². The lowest BCUT2D eigenvalue weighted by atomic mass is 10.2. The van der Waals surface area contributed by atoms with E-state index >= 15 is 0 Å². The minimum atomic E-state index is -3.60. The molecule has 0 fully saturated rings. The Labute approximate surface area is 150 Å². The molecule has 0 aliphatic heterocycles. The van der Waals surface area contributed by atoms with Gasteiger partial charge in [0.15, 0.2) is 21.5 Å². The number of hydrogen-bond donors (Lipinski definition) is 1. The van der Waals surface area contributed by atoms with Gasteiger partial charge in [-0.15, -0.1) is 0 Å². The number of nitrogen functional groups attached to an aromatic ring is 1. The minimum absolute atomic E-state index is 0.0602. The van der Waals surface area contributed by atoms with Crippen LogP contribution in [0.2, 0.25) is 0 Å². The summed E-state index contributed by atoms with van der Waals surface area (Å²) in [5.41, 5.74) is 6.82. The van der Waals surface area contributed by atoms with Crippen LogP contribution in [-0.2, 0) is 9.84 Å². The highest BCUT2D eigenvalue weighted by Crippen LogP contribution is 2.31. The van der Waals surface area contributed by atoms with E-state index in [2.05, 4.69) is 9.97 Å². The third-order valence-electron chi connectivity index (χ3n) is 3.97. The topological polar surface area (TPSA) is 99.6 Å². The Bertz CT molecular complexity index is 1080. The molecular formula is C17H19FN4O3S. The molecule has 0 amide bonds. The van der Waals surface area contributed by atoms with Crippen LogP contribution in [0.15, 0.2) is 35.6 Å². The summed E-state index contributed by atoms with van der Waals surface area (Å²) in [5.74, 6) is -0.616. The van der Waals surface area contributed by atoms with E-state index in [0.29, 0.717) is 23.5 Å². The van der Waals surface area contributed by atoms with Crippen molar-refractivity contribution in [2.45, 2.75) is 30.9 Å². The van der Waals surface area contributed by atoms with Gasteiger partial charge >= 0.3 is 0 Å². The van der Waals surface area contributed by atoms with Gasteiger partial charge in [-0.2, -0.15) is 0 Å². The first-order valence-electron chi connectivity index (χ1n) is 8.05. The monoisotopic (exact) mass is 378 g/mol. The van der Waals surface area contributed by atoms with E-state index in [9.17, 15) is 12.8 Å². The van der Waals surface area contributed by atoms with Crippen LogP contribution in [0.5, 0.6) is 5.75 Å². The molecule has 138 valence electrons. The second-order valence-corrected chi connectivity index (χ2v) is 8.46. The predicted octanol–water partition coefficient (Wildman–Crippen LogP) is 2.70. The second kappa shape index (κ2) is 6.56. The summed E-state index contributed by atoms with van der Waals surface area (Å²) in [6, 6.07) is 2.79. The summed E-state index contributed by atoms with van der Waals surface area (Å²) >= 11 is 0. The number of hydrogen-bond acceptors (Lipinski definition) is 6. The first-order chi connectivity index (χ1) is 12.3. The third-order valence-corrected chi connectivity index (χ3v) is 6.13. The van der Waals surface area contributed by atoms with Gasteiger partial charge in [0, 0.05) is 24.0 Å². The van der Waals surface area contributed by atoms with E-state index in [4.69, 9.17) is 10.5 Å². The normalized spacial score (nSPS) is 12.0. The molecule has 0 saturated carbocycles. The van der Waals surface area contributed by atoms with Crippen LogP contribution in [0.3, 0.4) is 0 Å². The van der Waals surface area contributed by atoms with Crippen LogP contribution in [0.4, 0.5) is 10.2 Å². The average Bonchev–Trinajstić information content (AvgIpc) is 2.99. The number of aromatic nitrogens is 3. The van der Waals surface area contributed by atoms with Crippen molar-refractivity contribution in [1.82, 2.24) is 14.4 Å². The number of nitrogens with zero attached hydrogens (tertiary/aromatic N) is 3. The van der Waals surface area contributed by atoms with Crippen LogP contribution in [0.1, 0.15) is 20.8 Å². The number of anilines is 1. The number of nitrogens with two attached hydrogens (primary N) is 1. The molecule has 0 atom stereocenters. The Morgan fingerprint density at radius 3 is 2.62 bits per heavy atom. The van der Waals surface area contributed by atoms with Crippen molar-refractivity contribution in [1.29, 1.82) is 0 Å². The van der Waals surface area contributed by atoms with Gasteiger partial charge < -0.3 is 10.5 Å². The molecule has 26 heavy (non-hydrogen) atoms. The van der Waals surface area contributed by atoms with Gasteiger partial charge in [0.25, 0.3) is 0 Å². The maximum absolute atomic E-state index is 13.8. The predicted molar refractivity (Wildman–Crippen MR) is 96.3 cm³/mol. The Kier molecular flexibility index (Phi) is 4.57. The molecule has 2 N–H and O–H groups in total. The average molecular weight is 378 g/mol. The highest BCUT2D eigenvalue weighted by Gasteiger charge is 2.25. The number of sulfone groups is 1. The summed E-state index contributed by atoms with van der Waals surface area (Å²) in [4.78, 5) is 8.13. The number of ether oxygens (including phenoxy) is 1. The number of halogens is 1. The Morgan fingerprint density at radius 1 is 1.27 bits per heavy atom. The van der Waals surface area contributed by atoms with Crippen LogP contribution in [0, 0.1) is 5.82 Å². The van der Waals surface area contributed by atoms with Gasteiger partial charge in [-0.3, -0.25) is 4.40 Å². The summed E-state index contributed by atoms with van der Waals surface area (Å²) in [6.07, 6.45) is 4.38. The van der Waals surface area contributed by atoms with Crippen molar-refractivity contribution in [3.8, 4) is 17.0 Å². The number of rotatable bonds is 5. The fourth-order valence-corrected chi connectivity index (χ4v) is 3.68. The van der Waals surface area contributed by atoms with Crippen LogP contribution >= 0.6 is 0 Å². The van der Waals surface area contributed by atoms with E-state index in [-0.39, 0.29) is 16.5 Å². The number of fused-ring (bicyclic) bond motifs is 1. The molecule has 0 spiro atoms. The highest BCUT2D eigenvalue weighted by molar-refractivity contribution is 7.92. The van der Waals surface area contributed by atoms with Gasteiger partial charge in [-0.05, 0) is 26.8 Å². The smallest absolute Gasteiger partial charge is 0.185 e. The quantitative estimate of drug-likeness (QED) is 0.733. The van der Waals surface area contributed by atoms with Crippen molar-refractivity contribution in [2.24, 2.45) is 0 Å². The molecular weight excluding hydrogens is 359 g/mol. The lowest BCUT2D eigenvalue weighted by molar-refractivity contribution is 0.330. The minimum Gasteiger partial charge on any atom is -0.492 e. The summed E-state index contributed by atoms with van der Waals surface area (Å²) < 4.78 is 46.3.